The zero-order valence-corrected chi connectivity index (χ0v) is 16.3. The van der Waals surface area contributed by atoms with Gasteiger partial charge in [-0.1, -0.05) is 6.07 Å². The van der Waals surface area contributed by atoms with Crippen LogP contribution in [-0.4, -0.2) is 35.0 Å². The molecule has 0 aliphatic carbocycles. The highest BCUT2D eigenvalue weighted by atomic mass is 79.9. The van der Waals surface area contributed by atoms with Gasteiger partial charge in [0.1, 0.15) is 5.57 Å². The predicted octanol–water partition coefficient (Wildman–Crippen LogP) is 2.74. The van der Waals surface area contributed by atoms with Crippen molar-refractivity contribution in [2.45, 2.75) is 0 Å². The van der Waals surface area contributed by atoms with Crippen molar-refractivity contribution in [3.05, 3.63) is 62.1 Å². The first-order chi connectivity index (χ1) is 13.7. The summed E-state index contributed by atoms with van der Waals surface area (Å²) >= 11 is 3.14. The lowest BCUT2D eigenvalue weighted by Crippen LogP contribution is -2.54. The fourth-order valence-electron chi connectivity index (χ4n) is 2.64. The molecule has 1 heterocycles. The Balaban J connectivity index is 2.06. The minimum atomic E-state index is -1.03. The van der Waals surface area contributed by atoms with E-state index in [4.69, 9.17) is 4.74 Å². The van der Waals surface area contributed by atoms with Gasteiger partial charge in [-0.05, 0) is 45.8 Å². The topological polar surface area (TPSA) is 139 Å². The smallest absolute Gasteiger partial charge is 0.335 e. The van der Waals surface area contributed by atoms with Gasteiger partial charge in [-0.3, -0.25) is 25.0 Å². The third-order valence-corrected chi connectivity index (χ3v) is 4.59. The van der Waals surface area contributed by atoms with Gasteiger partial charge < -0.3 is 9.84 Å². The predicted molar refractivity (Wildman–Crippen MR) is 104 cm³/mol. The summed E-state index contributed by atoms with van der Waals surface area (Å²) in [6.07, 6.45) is 1.21. The number of phenolic OH excluding ortho intramolecular Hbond substituents is 1. The molecule has 10 nitrogen and oxygen atoms in total. The Morgan fingerprint density at radius 3 is 2.62 bits per heavy atom. The molecule has 2 aromatic rings. The van der Waals surface area contributed by atoms with Crippen LogP contribution in [0.2, 0.25) is 0 Å². The number of carbonyl (C=O) groups is 3. The van der Waals surface area contributed by atoms with E-state index in [-0.39, 0.29) is 32.9 Å². The quantitative estimate of drug-likeness (QED) is 0.308. The van der Waals surface area contributed by atoms with Crippen molar-refractivity contribution in [1.29, 1.82) is 0 Å². The van der Waals surface area contributed by atoms with Gasteiger partial charge in [0.2, 0.25) is 0 Å². The van der Waals surface area contributed by atoms with E-state index >= 15 is 0 Å². The van der Waals surface area contributed by atoms with Crippen LogP contribution in [-0.2, 0) is 9.59 Å². The first kappa shape index (κ1) is 20.0. The van der Waals surface area contributed by atoms with Crippen molar-refractivity contribution in [3.63, 3.8) is 0 Å². The molecule has 0 aromatic heterocycles. The van der Waals surface area contributed by atoms with E-state index in [1.165, 1.54) is 43.5 Å². The number of nitrogens with one attached hydrogen (secondary N) is 1. The van der Waals surface area contributed by atoms with Gasteiger partial charge in [-0.2, -0.15) is 0 Å². The van der Waals surface area contributed by atoms with E-state index in [9.17, 15) is 29.6 Å². The molecule has 0 unspecified atom stereocenters. The Hall–Kier alpha value is -3.73. The molecule has 0 spiro atoms. The third-order valence-electron chi connectivity index (χ3n) is 3.98. The summed E-state index contributed by atoms with van der Waals surface area (Å²) in [5.41, 5.74) is -0.434. The second-order valence-corrected chi connectivity index (χ2v) is 6.64. The van der Waals surface area contributed by atoms with Crippen molar-refractivity contribution in [2.24, 2.45) is 0 Å². The van der Waals surface area contributed by atoms with E-state index in [1.54, 1.807) is 0 Å². The number of rotatable bonds is 4. The zero-order chi connectivity index (χ0) is 21.3. The fourth-order valence-corrected chi connectivity index (χ4v) is 3.10. The van der Waals surface area contributed by atoms with Crippen molar-refractivity contribution < 1.29 is 29.2 Å². The molecule has 0 atom stereocenters. The van der Waals surface area contributed by atoms with Gasteiger partial charge in [0.15, 0.2) is 11.5 Å². The van der Waals surface area contributed by atoms with Crippen LogP contribution in [0.25, 0.3) is 6.08 Å². The Morgan fingerprint density at radius 1 is 1.24 bits per heavy atom. The minimum absolute atomic E-state index is 0.0652. The molecule has 29 heavy (non-hydrogen) atoms. The Morgan fingerprint density at radius 2 is 1.97 bits per heavy atom. The average molecular weight is 462 g/mol. The number of benzene rings is 2. The second-order valence-electron chi connectivity index (χ2n) is 5.79. The number of barbiturate groups is 1. The Bertz CT molecular complexity index is 1100. The van der Waals surface area contributed by atoms with Gasteiger partial charge in [0.25, 0.3) is 17.5 Å². The third kappa shape index (κ3) is 3.80. The summed E-state index contributed by atoms with van der Waals surface area (Å²) in [5.74, 6) is -1.95. The van der Waals surface area contributed by atoms with Gasteiger partial charge in [0, 0.05) is 12.1 Å². The van der Waals surface area contributed by atoms with Crippen molar-refractivity contribution >= 4 is 51.2 Å². The van der Waals surface area contributed by atoms with E-state index < -0.39 is 22.8 Å². The highest BCUT2D eigenvalue weighted by molar-refractivity contribution is 9.10. The first-order valence-corrected chi connectivity index (χ1v) is 8.74. The van der Waals surface area contributed by atoms with Gasteiger partial charge in [0.05, 0.1) is 22.2 Å². The van der Waals surface area contributed by atoms with E-state index in [0.29, 0.717) is 10.5 Å². The van der Waals surface area contributed by atoms with E-state index in [2.05, 4.69) is 15.9 Å². The monoisotopic (exact) mass is 461 g/mol. The van der Waals surface area contributed by atoms with Gasteiger partial charge in [-0.15, -0.1) is 0 Å². The largest absolute Gasteiger partial charge is 0.503 e. The zero-order valence-electron chi connectivity index (χ0n) is 14.7. The van der Waals surface area contributed by atoms with E-state index in [0.717, 1.165) is 6.07 Å². The molecular formula is C18H12BrN3O7. The molecule has 1 fully saturated rings. The van der Waals surface area contributed by atoms with Crippen LogP contribution in [0.15, 0.2) is 46.4 Å². The Labute approximate surface area is 171 Å². The number of phenols is 1. The molecule has 1 aliphatic heterocycles. The number of halogens is 1. The number of nitrogens with zero attached hydrogens (tertiary/aromatic N) is 2. The van der Waals surface area contributed by atoms with Crippen LogP contribution < -0.4 is 15.0 Å². The highest BCUT2D eigenvalue weighted by Gasteiger charge is 2.37. The standard InChI is InChI=1S/C18H12BrN3O7/c1-29-14-7-9(6-13(19)15(14)23)5-12-16(24)20-18(26)21(17(12)25)10-3-2-4-11(8-10)22(27)28/h2-8,23H,1H3,(H,20,24,26)/b12-5+. The number of amides is 4. The highest BCUT2D eigenvalue weighted by Crippen LogP contribution is 2.36. The number of nitro groups is 1. The Kier molecular flexibility index (Phi) is 5.33. The van der Waals surface area contributed by atoms with Crippen molar-refractivity contribution in [1.82, 2.24) is 5.32 Å². The van der Waals surface area contributed by atoms with Crippen molar-refractivity contribution in [3.8, 4) is 11.5 Å². The molecule has 11 heteroatoms. The molecule has 0 radical (unpaired) electrons. The van der Waals surface area contributed by atoms with Crippen LogP contribution in [0.3, 0.4) is 0 Å². The van der Waals surface area contributed by atoms with Crippen LogP contribution >= 0.6 is 15.9 Å². The molecule has 0 bridgehead atoms. The summed E-state index contributed by atoms with van der Waals surface area (Å²) in [5, 5.41) is 22.9. The number of nitro benzene ring substituents is 1. The second kappa shape index (κ2) is 7.72. The average Bonchev–Trinajstić information content (AvgIpc) is 2.67. The number of anilines is 1. The maximum absolute atomic E-state index is 12.9. The lowest BCUT2D eigenvalue weighted by atomic mass is 10.1. The number of ether oxygens (including phenoxy) is 1. The SMILES string of the molecule is COc1cc(/C=C2\C(=O)NC(=O)N(c3cccc([N+](=O)[O-])c3)C2=O)cc(Br)c1O. The van der Waals surface area contributed by atoms with Crippen LogP contribution in [0.5, 0.6) is 11.5 Å². The number of aromatic hydroxyl groups is 1. The molecule has 1 aliphatic rings. The maximum atomic E-state index is 12.9. The summed E-state index contributed by atoms with van der Waals surface area (Å²) in [6.45, 7) is 0. The summed E-state index contributed by atoms with van der Waals surface area (Å²) in [7, 11) is 1.33. The summed E-state index contributed by atoms with van der Waals surface area (Å²) < 4.78 is 5.29. The fraction of sp³-hybridized carbons (Fsp3) is 0.0556. The molecule has 3 rings (SSSR count). The van der Waals surface area contributed by atoms with E-state index in [1.807, 2.05) is 5.32 Å². The molecule has 148 valence electrons. The number of hydrogen-bond acceptors (Lipinski definition) is 7. The molecule has 2 aromatic carbocycles. The van der Waals surface area contributed by atoms with Crippen LogP contribution in [0, 0.1) is 10.1 Å². The molecule has 0 saturated carbocycles. The maximum Gasteiger partial charge on any atom is 0.335 e. The number of non-ortho nitro benzene ring substituents is 1. The number of carbonyl (C=O) groups excluding carboxylic acids is 3. The molecule has 4 amide bonds. The summed E-state index contributed by atoms with van der Waals surface area (Å²) in [4.78, 5) is 48.2. The van der Waals surface area contributed by atoms with Crippen LogP contribution in [0.1, 0.15) is 5.56 Å². The number of hydrogen-bond donors (Lipinski definition) is 2. The molecule has 2 N–H and O–H groups in total. The van der Waals surface area contributed by atoms with Gasteiger partial charge in [-0.25, -0.2) is 9.69 Å². The number of methoxy groups -OCH3 is 1. The van der Waals surface area contributed by atoms with Crippen LogP contribution in [0.4, 0.5) is 16.2 Å². The number of urea groups is 1. The van der Waals surface area contributed by atoms with Crippen molar-refractivity contribution in [2.75, 3.05) is 12.0 Å². The lowest BCUT2D eigenvalue weighted by Gasteiger charge is -2.26. The molecular weight excluding hydrogens is 450 g/mol. The lowest BCUT2D eigenvalue weighted by molar-refractivity contribution is -0.384. The normalized spacial score (nSPS) is 15.4. The first-order valence-electron chi connectivity index (χ1n) is 7.95. The number of imide groups is 2. The van der Waals surface area contributed by atoms with Gasteiger partial charge >= 0.3 is 6.03 Å². The molecule has 1 saturated heterocycles. The summed E-state index contributed by atoms with van der Waals surface area (Å²) in [6, 6.07) is 6.71. The minimum Gasteiger partial charge on any atom is -0.503 e.